The zero-order valence-electron chi connectivity index (χ0n) is 13.8. The average molecular weight is 315 g/mol. The van der Waals surface area contributed by atoms with Crippen LogP contribution in [0.1, 0.15) is 40.2 Å². The molecule has 1 unspecified atom stereocenters. The molecule has 1 aromatic rings. The van der Waals surface area contributed by atoms with E-state index in [4.69, 9.17) is 11.6 Å². The molecule has 1 aromatic carbocycles. The zero-order chi connectivity index (χ0) is 16.0. The first-order chi connectivity index (χ1) is 9.88. The standard InChI is InChI=1S/C17H28ClFN2/c1-6-20-15(17(4,5)21(7-2)8-3)12-13-10-9-11-14(18)16(13)19/h9-11,15,20H,6-8,12H2,1-5H3. The van der Waals surface area contributed by atoms with E-state index in [1.54, 1.807) is 6.07 Å². The third kappa shape index (κ3) is 4.41. The molecule has 0 saturated heterocycles. The maximum absolute atomic E-state index is 14.2. The number of likely N-dealkylation sites (N-methyl/N-ethyl adjacent to an activating group) is 2. The summed E-state index contributed by atoms with van der Waals surface area (Å²) < 4.78 is 14.2. The van der Waals surface area contributed by atoms with Gasteiger partial charge in [-0.3, -0.25) is 4.90 Å². The van der Waals surface area contributed by atoms with Gasteiger partial charge in [0.2, 0.25) is 0 Å². The summed E-state index contributed by atoms with van der Waals surface area (Å²) in [4.78, 5) is 2.41. The number of hydrogen-bond acceptors (Lipinski definition) is 2. The van der Waals surface area contributed by atoms with Gasteiger partial charge in [-0.1, -0.05) is 44.5 Å². The van der Waals surface area contributed by atoms with Crippen LogP contribution in [0.5, 0.6) is 0 Å². The molecular formula is C17H28ClFN2. The molecule has 0 aliphatic rings. The second-order valence-electron chi connectivity index (χ2n) is 5.85. The molecule has 0 bridgehead atoms. The van der Waals surface area contributed by atoms with Crippen LogP contribution >= 0.6 is 11.6 Å². The van der Waals surface area contributed by atoms with Gasteiger partial charge in [0, 0.05) is 11.6 Å². The molecule has 120 valence electrons. The van der Waals surface area contributed by atoms with Crippen molar-refractivity contribution in [1.29, 1.82) is 0 Å². The largest absolute Gasteiger partial charge is 0.312 e. The second-order valence-corrected chi connectivity index (χ2v) is 6.26. The highest BCUT2D eigenvalue weighted by molar-refractivity contribution is 6.30. The first-order valence-electron chi connectivity index (χ1n) is 7.79. The predicted molar refractivity (Wildman–Crippen MR) is 89.6 cm³/mol. The van der Waals surface area contributed by atoms with Crippen LogP contribution in [0.15, 0.2) is 18.2 Å². The molecule has 21 heavy (non-hydrogen) atoms. The van der Waals surface area contributed by atoms with Gasteiger partial charge in [-0.15, -0.1) is 0 Å². The first-order valence-corrected chi connectivity index (χ1v) is 8.17. The lowest BCUT2D eigenvalue weighted by Crippen LogP contribution is -2.58. The van der Waals surface area contributed by atoms with E-state index in [0.717, 1.165) is 19.6 Å². The fraction of sp³-hybridized carbons (Fsp3) is 0.647. The lowest BCUT2D eigenvalue weighted by molar-refractivity contribution is 0.0915. The summed E-state index contributed by atoms with van der Waals surface area (Å²) in [6.07, 6.45) is 0.629. The molecule has 0 heterocycles. The van der Waals surface area contributed by atoms with Gasteiger partial charge < -0.3 is 5.32 Å². The fourth-order valence-electron chi connectivity index (χ4n) is 3.00. The highest BCUT2D eigenvalue weighted by atomic mass is 35.5. The van der Waals surface area contributed by atoms with Crippen LogP contribution in [0, 0.1) is 5.82 Å². The monoisotopic (exact) mass is 314 g/mol. The maximum Gasteiger partial charge on any atom is 0.145 e. The first kappa shape index (κ1) is 18.4. The number of nitrogens with one attached hydrogen (secondary N) is 1. The fourth-order valence-corrected chi connectivity index (χ4v) is 3.20. The Kier molecular flexibility index (Phi) is 7.11. The summed E-state index contributed by atoms with van der Waals surface area (Å²) in [5, 5.41) is 3.71. The molecule has 0 aromatic heterocycles. The van der Waals surface area contributed by atoms with E-state index < -0.39 is 0 Å². The van der Waals surface area contributed by atoms with E-state index in [9.17, 15) is 4.39 Å². The summed E-state index contributed by atoms with van der Waals surface area (Å²) in [6.45, 7) is 13.7. The van der Waals surface area contributed by atoms with Crippen LogP contribution in [0.3, 0.4) is 0 Å². The lowest BCUT2D eigenvalue weighted by Gasteiger charge is -2.44. The molecule has 1 atom stereocenters. The molecule has 0 fully saturated rings. The van der Waals surface area contributed by atoms with E-state index in [2.05, 4.69) is 44.8 Å². The van der Waals surface area contributed by atoms with Gasteiger partial charge in [0.15, 0.2) is 0 Å². The van der Waals surface area contributed by atoms with Crippen molar-refractivity contribution in [3.8, 4) is 0 Å². The Hall–Kier alpha value is -0.640. The van der Waals surface area contributed by atoms with Gasteiger partial charge in [-0.25, -0.2) is 4.39 Å². The van der Waals surface area contributed by atoms with Crippen molar-refractivity contribution in [2.24, 2.45) is 0 Å². The molecule has 0 saturated carbocycles. The van der Waals surface area contributed by atoms with Gasteiger partial charge in [0.1, 0.15) is 5.82 Å². The summed E-state index contributed by atoms with van der Waals surface area (Å²) in [6, 6.07) is 5.39. The van der Waals surface area contributed by atoms with Crippen molar-refractivity contribution in [1.82, 2.24) is 10.2 Å². The Bertz CT molecular complexity index is 444. The minimum absolute atomic E-state index is 0.0612. The highest BCUT2D eigenvalue weighted by Gasteiger charge is 2.34. The zero-order valence-corrected chi connectivity index (χ0v) is 14.6. The van der Waals surface area contributed by atoms with Gasteiger partial charge in [-0.05, 0) is 51.5 Å². The topological polar surface area (TPSA) is 15.3 Å². The minimum atomic E-state index is -0.294. The van der Waals surface area contributed by atoms with Crippen LogP contribution in [0.4, 0.5) is 4.39 Å². The SMILES string of the molecule is CCNC(Cc1cccc(Cl)c1F)C(C)(C)N(CC)CC. The van der Waals surface area contributed by atoms with Crippen LogP contribution in [0.2, 0.25) is 5.02 Å². The van der Waals surface area contributed by atoms with Crippen LogP contribution in [-0.2, 0) is 6.42 Å². The summed E-state index contributed by atoms with van der Waals surface area (Å²) in [5.74, 6) is -0.294. The minimum Gasteiger partial charge on any atom is -0.312 e. The number of halogens is 2. The van der Waals surface area contributed by atoms with E-state index in [-0.39, 0.29) is 22.4 Å². The molecular weight excluding hydrogens is 287 g/mol. The van der Waals surface area contributed by atoms with E-state index in [0.29, 0.717) is 12.0 Å². The quantitative estimate of drug-likeness (QED) is 0.776. The second kappa shape index (κ2) is 8.11. The molecule has 2 nitrogen and oxygen atoms in total. The van der Waals surface area contributed by atoms with Gasteiger partial charge in [-0.2, -0.15) is 0 Å². The van der Waals surface area contributed by atoms with Crippen molar-refractivity contribution >= 4 is 11.6 Å². The predicted octanol–water partition coefficient (Wildman–Crippen LogP) is 4.12. The van der Waals surface area contributed by atoms with Gasteiger partial charge >= 0.3 is 0 Å². The van der Waals surface area contributed by atoms with Crippen LogP contribution in [0.25, 0.3) is 0 Å². The van der Waals surface area contributed by atoms with Crippen LogP contribution in [-0.4, -0.2) is 36.1 Å². The Morgan fingerprint density at radius 2 is 1.86 bits per heavy atom. The van der Waals surface area contributed by atoms with Gasteiger partial charge in [0.25, 0.3) is 0 Å². The molecule has 0 aliphatic heterocycles. The molecule has 0 aliphatic carbocycles. The third-order valence-electron chi connectivity index (χ3n) is 4.34. The maximum atomic E-state index is 14.2. The van der Waals surface area contributed by atoms with Crippen molar-refractivity contribution in [3.05, 3.63) is 34.6 Å². The molecule has 0 spiro atoms. The molecule has 1 N–H and O–H groups in total. The Morgan fingerprint density at radius 3 is 2.38 bits per heavy atom. The molecule has 0 amide bonds. The van der Waals surface area contributed by atoms with Gasteiger partial charge in [0.05, 0.1) is 5.02 Å². The van der Waals surface area contributed by atoms with Crippen molar-refractivity contribution < 1.29 is 4.39 Å². The highest BCUT2D eigenvalue weighted by Crippen LogP contribution is 2.25. The van der Waals surface area contributed by atoms with Crippen molar-refractivity contribution in [2.75, 3.05) is 19.6 Å². The number of nitrogens with zero attached hydrogens (tertiary/aromatic N) is 1. The van der Waals surface area contributed by atoms with Crippen molar-refractivity contribution in [2.45, 2.75) is 52.6 Å². The Morgan fingerprint density at radius 1 is 1.24 bits per heavy atom. The summed E-state index contributed by atoms with van der Waals surface area (Å²) >= 11 is 5.90. The van der Waals surface area contributed by atoms with Crippen molar-refractivity contribution in [3.63, 3.8) is 0 Å². The molecule has 0 radical (unpaired) electrons. The summed E-state index contributed by atoms with van der Waals surface area (Å²) in [7, 11) is 0. The number of benzene rings is 1. The number of rotatable bonds is 8. The van der Waals surface area contributed by atoms with E-state index >= 15 is 0 Å². The number of hydrogen-bond donors (Lipinski definition) is 1. The van der Waals surface area contributed by atoms with E-state index in [1.165, 1.54) is 0 Å². The molecule has 1 rings (SSSR count). The summed E-state index contributed by atoms with van der Waals surface area (Å²) in [5.41, 5.74) is 0.613. The normalized spacial score (nSPS) is 13.7. The average Bonchev–Trinajstić information content (AvgIpc) is 2.44. The third-order valence-corrected chi connectivity index (χ3v) is 4.63. The lowest BCUT2D eigenvalue weighted by atomic mass is 9.87. The van der Waals surface area contributed by atoms with Crippen LogP contribution < -0.4 is 5.32 Å². The van der Waals surface area contributed by atoms with E-state index in [1.807, 2.05) is 12.1 Å². The molecule has 4 heteroatoms. The Labute approximate surface area is 133 Å². The smallest absolute Gasteiger partial charge is 0.145 e. The Balaban J connectivity index is 3.04.